The summed E-state index contributed by atoms with van der Waals surface area (Å²) in [6, 6.07) is 13.5. The third-order valence-corrected chi connectivity index (χ3v) is 6.07. The molecule has 1 aliphatic rings. The third kappa shape index (κ3) is 4.10. The van der Waals surface area contributed by atoms with Crippen molar-refractivity contribution in [2.24, 2.45) is 0 Å². The standard InChI is InChI=1S/C22H23N3O3S/c1-29(27,28)15-14-25-18-8-5-9-19(26)20(18)21(24-17-6-3-2-4-7-17)22(25)16-10-12-23-13-11-16/h2-4,6-7,10-13,24H,5,8-9,14-15H2,1H3. The molecule has 29 heavy (non-hydrogen) atoms. The monoisotopic (exact) mass is 409 g/mol. The van der Waals surface area contributed by atoms with Gasteiger partial charge in [0.25, 0.3) is 0 Å². The maximum atomic E-state index is 12.9. The van der Waals surface area contributed by atoms with Crippen LogP contribution in [0.25, 0.3) is 11.3 Å². The number of nitrogens with zero attached hydrogens (tertiary/aromatic N) is 2. The second-order valence-electron chi connectivity index (χ2n) is 7.33. The summed E-state index contributed by atoms with van der Waals surface area (Å²) in [6.07, 6.45) is 6.67. The van der Waals surface area contributed by atoms with Crippen molar-refractivity contribution >= 4 is 27.0 Å². The molecule has 2 heterocycles. The fourth-order valence-corrected chi connectivity index (χ4v) is 4.38. The van der Waals surface area contributed by atoms with Crippen LogP contribution in [0.1, 0.15) is 28.9 Å². The van der Waals surface area contributed by atoms with Crippen LogP contribution in [-0.4, -0.2) is 35.8 Å². The van der Waals surface area contributed by atoms with E-state index in [2.05, 4.69) is 10.3 Å². The lowest BCUT2D eigenvalue weighted by atomic mass is 9.95. The van der Waals surface area contributed by atoms with Crippen LogP contribution in [0.3, 0.4) is 0 Å². The number of benzene rings is 1. The molecule has 0 bridgehead atoms. The first-order valence-corrected chi connectivity index (χ1v) is 11.7. The lowest BCUT2D eigenvalue weighted by Gasteiger charge is -2.16. The Morgan fingerprint density at radius 3 is 2.48 bits per heavy atom. The molecule has 1 N–H and O–H groups in total. The van der Waals surface area contributed by atoms with Crippen molar-refractivity contribution in [3.05, 3.63) is 66.1 Å². The molecule has 6 nitrogen and oxygen atoms in total. The maximum Gasteiger partial charge on any atom is 0.166 e. The van der Waals surface area contributed by atoms with Crippen LogP contribution in [0.15, 0.2) is 54.9 Å². The average molecular weight is 410 g/mol. The predicted molar refractivity (Wildman–Crippen MR) is 114 cm³/mol. The van der Waals surface area contributed by atoms with Gasteiger partial charge in [-0.3, -0.25) is 9.78 Å². The fraction of sp³-hybridized carbons (Fsp3) is 0.273. The van der Waals surface area contributed by atoms with E-state index < -0.39 is 9.84 Å². The summed E-state index contributed by atoms with van der Waals surface area (Å²) >= 11 is 0. The minimum Gasteiger partial charge on any atom is -0.353 e. The van der Waals surface area contributed by atoms with E-state index in [-0.39, 0.29) is 11.5 Å². The zero-order valence-corrected chi connectivity index (χ0v) is 17.1. The zero-order valence-electron chi connectivity index (χ0n) is 16.3. The Kier molecular flexibility index (Phi) is 5.24. The van der Waals surface area contributed by atoms with Gasteiger partial charge in [-0.25, -0.2) is 8.42 Å². The van der Waals surface area contributed by atoms with Crippen LogP contribution in [0.2, 0.25) is 0 Å². The van der Waals surface area contributed by atoms with Gasteiger partial charge in [-0.05, 0) is 37.1 Å². The number of anilines is 2. The van der Waals surface area contributed by atoms with Crippen LogP contribution >= 0.6 is 0 Å². The molecule has 0 radical (unpaired) electrons. The Balaban J connectivity index is 1.94. The molecule has 0 atom stereocenters. The molecule has 0 aliphatic heterocycles. The molecule has 1 aromatic carbocycles. The summed E-state index contributed by atoms with van der Waals surface area (Å²) in [5.41, 5.74) is 4.95. The second kappa shape index (κ2) is 7.83. The van der Waals surface area contributed by atoms with Gasteiger partial charge in [0.15, 0.2) is 5.78 Å². The van der Waals surface area contributed by atoms with Gasteiger partial charge in [-0.1, -0.05) is 18.2 Å². The van der Waals surface area contributed by atoms with Crippen LogP contribution in [-0.2, 0) is 22.8 Å². The van der Waals surface area contributed by atoms with Crippen LogP contribution in [0, 0.1) is 0 Å². The number of aromatic nitrogens is 2. The van der Waals surface area contributed by atoms with Gasteiger partial charge in [-0.15, -0.1) is 0 Å². The van der Waals surface area contributed by atoms with E-state index >= 15 is 0 Å². The van der Waals surface area contributed by atoms with E-state index in [9.17, 15) is 13.2 Å². The van der Waals surface area contributed by atoms with Crippen molar-refractivity contribution in [2.45, 2.75) is 25.8 Å². The van der Waals surface area contributed by atoms with Gasteiger partial charge in [-0.2, -0.15) is 0 Å². The highest BCUT2D eigenvalue weighted by Crippen LogP contribution is 2.41. The third-order valence-electron chi connectivity index (χ3n) is 5.15. The predicted octanol–water partition coefficient (Wildman–Crippen LogP) is 3.86. The van der Waals surface area contributed by atoms with E-state index in [4.69, 9.17) is 0 Å². The Morgan fingerprint density at radius 2 is 1.79 bits per heavy atom. The SMILES string of the molecule is CS(=O)(=O)CCn1c2c(c(Nc3ccccc3)c1-c1ccncc1)C(=O)CCC2. The molecule has 0 unspecified atom stereocenters. The van der Waals surface area contributed by atoms with Crippen LogP contribution < -0.4 is 5.32 Å². The van der Waals surface area contributed by atoms with Crippen molar-refractivity contribution < 1.29 is 13.2 Å². The molecule has 150 valence electrons. The van der Waals surface area contributed by atoms with Crippen molar-refractivity contribution in [1.82, 2.24) is 9.55 Å². The summed E-state index contributed by atoms with van der Waals surface area (Å²) in [5, 5.41) is 3.44. The van der Waals surface area contributed by atoms with E-state index in [1.165, 1.54) is 6.26 Å². The number of para-hydroxylation sites is 1. The highest BCUT2D eigenvalue weighted by Gasteiger charge is 2.30. The molecular weight excluding hydrogens is 386 g/mol. The van der Waals surface area contributed by atoms with E-state index in [0.29, 0.717) is 18.5 Å². The molecular formula is C22H23N3O3S. The number of ketones is 1. The highest BCUT2D eigenvalue weighted by molar-refractivity contribution is 7.90. The van der Waals surface area contributed by atoms with E-state index in [1.807, 2.05) is 47.0 Å². The fourth-order valence-electron chi connectivity index (χ4n) is 3.87. The number of fused-ring (bicyclic) bond motifs is 1. The smallest absolute Gasteiger partial charge is 0.166 e. The van der Waals surface area contributed by atoms with Crippen molar-refractivity contribution in [2.75, 3.05) is 17.3 Å². The summed E-state index contributed by atoms with van der Waals surface area (Å²) in [7, 11) is -3.15. The van der Waals surface area contributed by atoms with E-state index in [1.54, 1.807) is 12.4 Å². The molecule has 1 aliphatic carbocycles. The van der Waals surface area contributed by atoms with Crippen molar-refractivity contribution in [1.29, 1.82) is 0 Å². The topological polar surface area (TPSA) is 81.1 Å². The molecule has 0 spiro atoms. The van der Waals surface area contributed by atoms with Gasteiger partial charge in [0.2, 0.25) is 0 Å². The van der Waals surface area contributed by atoms with E-state index in [0.717, 1.165) is 41.2 Å². The number of rotatable bonds is 6. The Bertz CT molecular complexity index is 1140. The van der Waals surface area contributed by atoms with Gasteiger partial charge in [0, 0.05) is 48.6 Å². The lowest BCUT2D eigenvalue weighted by Crippen LogP contribution is -2.17. The van der Waals surface area contributed by atoms with Crippen molar-refractivity contribution in [3.63, 3.8) is 0 Å². The molecule has 0 fully saturated rings. The molecule has 7 heteroatoms. The van der Waals surface area contributed by atoms with Crippen LogP contribution in [0.5, 0.6) is 0 Å². The number of sulfone groups is 1. The summed E-state index contributed by atoms with van der Waals surface area (Å²) < 4.78 is 25.8. The first-order valence-electron chi connectivity index (χ1n) is 9.63. The average Bonchev–Trinajstić information content (AvgIpc) is 3.02. The van der Waals surface area contributed by atoms with Gasteiger partial charge in [0.05, 0.1) is 22.7 Å². The first-order chi connectivity index (χ1) is 13.9. The molecule has 0 saturated heterocycles. The van der Waals surface area contributed by atoms with Crippen molar-refractivity contribution in [3.8, 4) is 11.3 Å². The Morgan fingerprint density at radius 1 is 1.07 bits per heavy atom. The normalized spacial score (nSPS) is 13.9. The number of carbonyl (C=O) groups excluding carboxylic acids is 1. The number of carbonyl (C=O) groups is 1. The minimum absolute atomic E-state index is 0.0190. The Hall–Kier alpha value is -2.93. The summed E-state index contributed by atoms with van der Waals surface area (Å²) in [4.78, 5) is 17.0. The van der Waals surface area contributed by atoms with Gasteiger partial charge < -0.3 is 9.88 Å². The zero-order chi connectivity index (χ0) is 20.4. The largest absolute Gasteiger partial charge is 0.353 e. The number of nitrogens with one attached hydrogen (secondary N) is 1. The molecule has 3 aromatic rings. The number of hydrogen-bond acceptors (Lipinski definition) is 5. The second-order valence-corrected chi connectivity index (χ2v) is 9.59. The van der Waals surface area contributed by atoms with Crippen LogP contribution in [0.4, 0.5) is 11.4 Å². The number of Topliss-reactive ketones (excluding diaryl/α,β-unsaturated/α-hetero) is 1. The van der Waals surface area contributed by atoms with Gasteiger partial charge >= 0.3 is 0 Å². The number of hydrogen-bond donors (Lipinski definition) is 1. The lowest BCUT2D eigenvalue weighted by molar-refractivity contribution is 0.0972. The number of pyridine rings is 1. The first kappa shape index (κ1) is 19.4. The molecule has 2 aromatic heterocycles. The van der Waals surface area contributed by atoms with Gasteiger partial charge in [0.1, 0.15) is 9.84 Å². The minimum atomic E-state index is -3.15. The summed E-state index contributed by atoms with van der Waals surface area (Å²) in [5.74, 6) is 0.114. The summed E-state index contributed by atoms with van der Waals surface area (Å²) in [6.45, 7) is 0.308. The molecule has 0 amide bonds. The maximum absolute atomic E-state index is 12.9. The Labute approximate surface area is 170 Å². The quantitative estimate of drug-likeness (QED) is 0.669. The molecule has 4 rings (SSSR count). The highest BCUT2D eigenvalue weighted by atomic mass is 32.2. The molecule has 0 saturated carbocycles.